The smallest absolute Gasteiger partial charge is 0.253 e. The fourth-order valence-corrected chi connectivity index (χ4v) is 4.13. The molecule has 0 bridgehead atoms. The molecule has 30 heavy (non-hydrogen) atoms. The summed E-state index contributed by atoms with van der Waals surface area (Å²) in [6.07, 6.45) is 3.21. The molecule has 0 aliphatic carbocycles. The van der Waals surface area contributed by atoms with Gasteiger partial charge in [0.1, 0.15) is 12.4 Å². The molecule has 3 nitrogen and oxygen atoms in total. The number of benzene rings is 3. The molecule has 3 aromatic carbocycles. The first-order valence-electron chi connectivity index (χ1n) is 10.5. The van der Waals surface area contributed by atoms with Crippen molar-refractivity contribution in [2.45, 2.75) is 25.9 Å². The van der Waals surface area contributed by atoms with Crippen LogP contribution in [0.4, 0.5) is 0 Å². The number of piperidine rings is 1. The van der Waals surface area contributed by atoms with Crippen molar-refractivity contribution in [3.8, 4) is 5.75 Å². The van der Waals surface area contributed by atoms with E-state index < -0.39 is 0 Å². The number of likely N-dealkylation sites (tertiary alicyclic amines) is 1. The fourth-order valence-electron chi connectivity index (χ4n) is 3.94. The predicted octanol–water partition coefficient (Wildman–Crippen LogP) is 6.01. The quantitative estimate of drug-likeness (QED) is 0.489. The van der Waals surface area contributed by atoms with Gasteiger partial charge in [-0.15, -0.1) is 0 Å². The van der Waals surface area contributed by atoms with Crippen LogP contribution in [-0.4, -0.2) is 23.9 Å². The van der Waals surface area contributed by atoms with Crippen LogP contribution >= 0.6 is 11.6 Å². The lowest BCUT2D eigenvalue weighted by atomic mass is 9.90. The standard InChI is InChI=1S/C26H26ClNO2/c27-25-9-5-4-8-23(25)19-30-24-12-10-22(11-13-24)26(29)28-16-14-21(15-17-28)18-20-6-2-1-3-7-20/h1-13,21H,14-19H2. The number of carbonyl (C=O) groups excluding carboxylic acids is 1. The minimum Gasteiger partial charge on any atom is -0.489 e. The molecule has 3 aromatic rings. The molecule has 0 saturated carbocycles. The lowest BCUT2D eigenvalue weighted by Gasteiger charge is -2.32. The number of nitrogens with zero attached hydrogens (tertiary/aromatic N) is 1. The van der Waals surface area contributed by atoms with Gasteiger partial charge < -0.3 is 9.64 Å². The van der Waals surface area contributed by atoms with Crippen LogP contribution in [0.25, 0.3) is 0 Å². The summed E-state index contributed by atoms with van der Waals surface area (Å²) in [5.41, 5.74) is 3.04. The zero-order valence-corrected chi connectivity index (χ0v) is 17.7. The van der Waals surface area contributed by atoms with Gasteiger partial charge in [0.05, 0.1) is 0 Å². The summed E-state index contributed by atoms with van der Waals surface area (Å²) in [4.78, 5) is 14.8. The van der Waals surface area contributed by atoms with Gasteiger partial charge >= 0.3 is 0 Å². The van der Waals surface area contributed by atoms with E-state index in [1.165, 1.54) is 5.56 Å². The van der Waals surface area contributed by atoms with Crippen LogP contribution in [0.5, 0.6) is 5.75 Å². The third-order valence-electron chi connectivity index (χ3n) is 5.72. The second-order valence-corrected chi connectivity index (χ2v) is 8.24. The van der Waals surface area contributed by atoms with Crippen LogP contribution in [0.2, 0.25) is 5.02 Å². The van der Waals surface area contributed by atoms with Gasteiger partial charge in [-0.1, -0.05) is 60.1 Å². The van der Waals surface area contributed by atoms with Crippen molar-refractivity contribution < 1.29 is 9.53 Å². The molecular weight excluding hydrogens is 394 g/mol. The Balaban J connectivity index is 1.28. The van der Waals surface area contributed by atoms with Crippen molar-refractivity contribution in [3.05, 3.63) is 101 Å². The monoisotopic (exact) mass is 419 g/mol. The van der Waals surface area contributed by atoms with Crippen molar-refractivity contribution in [1.82, 2.24) is 4.90 Å². The molecule has 4 heteroatoms. The number of amides is 1. The number of carbonyl (C=O) groups is 1. The van der Waals surface area contributed by atoms with Crippen LogP contribution in [0, 0.1) is 5.92 Å². The van der Waals surface area contributed by atoms with Gasteiger partial charge in [-0.2, -0.15) is 0 Å². The van der Waals surface area contributed by atoms with Crippen molar-refractivity contribution in [2.75, 3.05) is 13.1 Å². The molecule has 0 spiro atoms. The molecule has 0 radical (unpaired) electrons. The molecular formula is C26H26ClNO2. The zero-order valence-electron chi connectivity index (χ0n) is 17.0. The van der Waals surface area contributed by atoms with Gasteiger partial charge in [0.2, 0.25) is 0 Å². The Kier molecular flexibility index (Phi) is 6.70. The zero-order chi connectivity index (χ0) is 20.8. The van der Waals surface area contributed by atoms with E-state index in [1.807, 2.05) is 53.4 Å². The first-order valence-corrected chi connectivity index (χ1v) is 10.9. The Hall–Kier alpha value is -2.78. The van der Waals surface area contributed by atoms with E-state index in [-0.39, 0.29) is 5.91 Å². The minimum absolute atomic E-state index is 0.103. The van der Waals surface area contributed by atoms with Crippen LogP contribution in [0.3, 0.4) is 0 Å². The first-order chi connectivity index (χ1) is 14.7. The number of rotatable bonds is 6. The molecule has 4 rings (SSSR count). The number of hydrogen-bond acceptors (Lipinski definition) is 2. The SMILES string of the molecule is O=C(c1ccc(OCc2ccccc2Cl)cc1)N1CCC(Cc2ccccc2)CC1. The van der Waals surface area contributed by atoms with E-state index >= 15 is 0 Å². The van der Waals surface area contributed by atoms with Gasteiger partial charge in [-0.05, 0) is 61.1 Å². The first kappa shape index (κ1) is 20.5. The second-order valence-electron chi connectivity index (χ2n) is 7.83. The van der Waals surface area contributed by atoms with E-state index in [1.54, 1.807) is 0 Å². The van der Waals surface area contributed by atoms with Crippen molar-refractivity contribution in [2.24, 2.45) is 5.92 Å². The predicted molar refractivity (Wildman–Crippen MR) is 121 cm³/mol. The molecule has 1 aliphatic heterocycles. The summed E-state index contributed by atoms with van der Waals surface area (Å²) in [5, 5.41) is 0.694. The lowest BCUT2D eigenvalue weighted by molar-refractivity contribution is 0.0690. The summed E-state index contributed by atoms with van der Waals surface area (Å²) in [5.74, 6) is 1.48. The average Bonchev–Trinajstić information content (AvgIpc) is 2.80. The molecule has 154 valence electrons. The Bertz CT molecular complexity index is 964. The average molecular weight is 420 g/mol. The Labute approximate surface area is 183 Å². The third kappa shape index (κ3) is 5.22. The Morgan fingerprint density at radius 3 is 2.27 bits per heavy atom. The molecule has 0 N–H and O–H groups in total. The summed E-state index contributed by atoms with van der Waals surface area (Å²) in [6, 6.07) is 25.7. The van der Waals surface area contributed by atoms with Gasteiger partial charge in [0.25, 0.3) is 5.91 Å². The fraction of sp³-hybridized carbons (Fsp3) is 0.269. The van der Waals surface area contributed by atoms with Gasteiger partial charge in [0, 0.05) is 29.2 Å². The normalized spacial score (nSPS) is 14.5. The van der Waals surface area contributed by atoms with Crippen LogP contribution in [-0.2, 0) is 13.0 Å². The van der Waals surface area contributed by atoms with Gasteiger partial charge in [-0.25, -0.2) is 0 Å². The van der Waals surface area contributed by atoms with E-state index in [9.17, 15) is 4.79 Å². The maximum Gasteiger partial charge on any atom is 0.253 e. The lowest BCUT2D eigenvalue weighted by Crippen LogP contribution is -2.38. The van der Waals surface area contributed by atoms with E-state index in [4.69, 9.17) is 16.3 Å². The summed E-state index contributed by atoms with van der Waals surface area (Å²) in [6.45, 7) is 2.05. The van der Waals surface area contributed by atoms with Crippen molar-refractivity contribution >= 4 is 17.5 Å². The molecule has 1 aliphatic rings. The maximum atomic E-state index is 12.9. The largest absolute Gasteiger partial charge is 0.489 e. The van der Waals surface area contributed by atoms with E-state index in [2.05, 4.69) is 30.3 Å². The van der Waals surface area contributed by atoms with E-state index in [0.717, 1.165) is 43.7 Å². The highest BCUT2D eigenvalue weighted by atomic mass is 35.5. The molecule has 0 aromatic heterocycles. The molecule has 0 unspecified atom stereocenters. The number of halogens is 1. The Morgan fingerprint density at radius 1 is 0.900 bits per heavy atom. The molecule has 1 heterocycles. The highest BCUT2D eigenvalue weighted by Gasteiger charge is 2.23. The van der Waals surface area contributed by atoms with E-state index in [0.29, 0.717) is 23.1 Å². The number of hydrogen-bond donors (Lipinski definition) is 0. The van der Waals surface area contributed by atoms with Crippen LogP contribution in [0.15, 0.2) is 78.9 Å². The summed E-state index contributed by atoms with van der Waals surface area (Å²) < 4.78 is 5.81. The summed E-state index contributed by atoms with van der Waals surface area (Å²) in [7, 11) is 0. The number of ether oxygens (including phenoxy) is 1. The van der Waals surface area contributed by atoms with Crippen LogP contribution in [0.1, 0.15) is 34.3 Å². The molecule has 1 fully saturated rings. The minimum atomic E-state index is 0.103. The highest BCUT2D eigenvalue weighted by Crippen LogP contribution is 2.24. The van der Waals surface area contributed by atoms with Crippen molar-refractivity contribution in [1.29, 1.82) is 0 Å². The van der Waals surface area contributed by atoms with Crippen LogP contribution < -0.4 is 4.74 Å². The van der Waals surface area contributed by atoms with Gasteiger partial charge in [0.15, 0.2) is 0 Å². The summed E-state index contributed by atoms with van der Waals surface area (Å²) >= 11 is 6.17. The second kappa shape index (κ2) is 9.82. The highest BCUT2D eigenvalue weighted by molar-refractivity contribution is 6.31. The Morgan fingerprint density at radius 2 is 1.57 bits per heavy atom. The molecule has 0 atom stereocenters. The maximum absolute atomic E-state index is 12.9. The third-order valence-corrected chi connectivity index (χ3v) is 6.09. The van der Waals surface area contributed by atoms with Crippen molar-refractivity contribution in [3.63, 3.8) is 0 Å². The molecule has 1 saturated heterocycles. The van der Waals surface area contributed by atoms with Gasteiger partial charge in [-0.3, -0.25) is 4.79 Å². The topological polar surface area (TPSA) is 29.5 Å². The molecule has 1 amide bonds.